The molecule has 0 aliphatic carbocycles. The van der Waals surface area contributed by atoms with Gasteiger partial charge < -0.3 is 10.6 Å². The van der Waals surface area contributed by atoms with Crippen molar-refractivity contribution in [1.29, 1.82) is 0 Å². The summed E-state index contributed by atoms with van der Waals surface area (Å²) in [5.74, 6) is 2.33. The molecule has 5 heteroatoms. The Morgan fingerprint density at radius 3 is 2.61 bits per heavy atom. The van der Waals surface area contributed by atoms with Crippen LogP contribution < -0.4 is 10.6 Å². The number of amides is 1. The molecule has 1 fully saturated rings. The molecule has 130 valence electrons. The number of rotatable bonds is 7. The number of carbonyl (C=O) groups is 1. The summed E-state index contributed by atoms with van der Waals surface area (Å²) in [6.07, 6.45) is 3.08. The van der Waals surface area contributed by atoms with Gasteiger partial charge in [0.25, 0.3) is 0 Å². The average Bonchev–Trinajstić information content (AvgIpc) is 2.54. The van der Waals surface area contributed by atoms with E-state index in [1.54, 1.807) is 11.8 Å². The average molecular weight is 357 g/mol. The van der Waals surface area contributed by atoms with Crippen LogP contribution in [0.3, 0.4) is 0 Å². The van der Waals surface area contributed by atoms with Crippen LogP contribution in [0.1, 0.15) is 31.7 Å². The SMILES string of the molecule is Cc1ccc(SCCNC(=O)CC(C)C2CCNCC2)cc1.Cl. The van der Waals surface area contributed by atoms with Gasteiger partial charge in [0.15, 0.2) is 0 Å². The Bertz CT molecular complexity index is 461. The number of piperidine rings is 1. The molecule has 1 aliphatic rings. The maximum absolute atomic E-state index is 12.0. The lowest BCUT2D eigenvalue weighted by Crippen LogP contribution is -2.34. The van der Waals surface area contributed by atoms with E-state index in [0.29, 0.717) is 18.3 Å². The minimum Gasteiger partial charge on any atom is -0.355 e. The largest absolute Gasteiger partial charge is 0.355 e. The van der Waals surface area contributed by atoms with E-state index in [1.165, 1.54) is 23.3 Å². The van der Waals surface area contributed by atoms with E-state index < -0.39 is 0 Å². The summed E-state index contributed by atoms with van der Waals surface area (Å²) in [4.78, 5) is 13.3. The summed E-state index contributed by atoms with van der Waals surface area (Å²) in [5, 5.41) is 6.44. The molecule has 1 atom stereocenters. The fourth-order valence-electron chi connectivity index (χ4n) is 2.94. The van der Waals surface area contributed by atoms with Crippen LogP contribution >= 0.6 is 24.2 Å². The van der Waals surface area contributed by atoms with Crippen LogP contribution in [0.2, 0.25) is 0 Å². The molecule has 2 rings (SSSR count). The molecule has 2 N–H and O–H groups in total. The monoisotopic (exact) mass is 356 g/mol. The van der Waals surface area contributed by atoms with E-state index in [1.807, 2.05) is 0 Å². The second kappa shape index (κ2) is 11.0. The zero-order valence-corrected chi connectivity index (χ0v) is 15.8. The van der Waals surface area contributed by atoms with E-state index in [4.69, 9.17) is 0 Å². The fourth-order valence-corrected chi connectivity index (χ4v) is 3.71. The molecule has 1 unspecified atom stereocenters. The molecule has 0 spiro atoms. The van der Waals surface area contributed by atoms with Crippen molar-refractivity contribution in [3.63, 3.8) is 0 Å². The number of benzene rings is 1. The van der Waals surface area contributed by atoms with Crippen molar-refractivity contribution in [2.45, 2.75) is 38.0 Å². The number of halogens is 1. The van der Waals surface area contributed by atoms with Crippen molar-refractivity contribution in [2.24, 2.45) is 11.8 Å². The van der Waals surface area contributed by atoms with Gasteiger partial charge in [-0.2, -0.15) is 0 Å². The molecule has 1 amide bonds. The molecule has 1 heterocycles. The number of aryl methyl sites for hydroxylation is 1. The molecule has 0 saturated carbocycles. The summed E-state index contributed by atoms with van der Waals surface area (Å²) in [5.41, 5.74) is 1.28. The first-order valence-electron chi connectivity index (χ1n) is 8.32. The third kappa shape index (κ3) is 7.60. The van der Waals surface area contributed by atoms with Crippen molar-refractivity contribution < 1.29 is 4.79 Å². The van der Waals surface area contributed by atoms with Gasteiger partial charge in [0.05, 0.1) is 0 Å². The molecule has 0 radical (unpaired) electrons. The van der Waals surface area contributed by atoms with E-state index in [0.717, 1.165) is 25.4 Å². The number of carbonyl (C=O) groups excluding carboxylic acids is 1. The van der Waals surface area contributed by atoms with Crippen LogP contribution in [0.25, 0.3) is 0 Å². The van der Waals surface area contributed by atoms with Gasteiger partial charge in [-0.05, 0) is 56.8 Å². The van der Waals surface area contributed by atoms with E-state index in [2.05, 4.69) is 48.7 Å². The van der Waals surface area contributed by atoms with E-state index >= 15 is 0 Å². The third-order valence-corrected chi connectivity index (χ3v) is 5.42. The topological polar surface area (TPSA) is 41.1 Å². The maximum Gasteiger partial charge on any atom is 0.220 e. The van der Waals surface area contributed by atoms with Crippen molar-refractivity contribution in [3.8, 4) is 0 Å². The van der Waals surface area contributed by atoms with Crippen molar-refractivity contribution in [2.75, 3.05) is 25.4 Å². The summed E-state index contributed by atoms with van der Waals surface area (Å²) in [7, 11) is 0. The highest BCUT2D eigenvalue weighted by Gasteiger charge is 2.21. The standard InChI is InChI=1S/C18H28N2OS.ClH/c1-14-3-5-17(6-4-14)22-12-11-20-18(21)13-15(2)16-7-9-19-10-8-16;/h3-6,15-16,19H,7-13H2,1-2H3,(H,20,21);1H. The molecule has 3 nitrogen and oxygen atoms in total. The van der Waals surface area contributed by atoms with Crippen LogP contribution in [-0.2, 0) is 4.79 Å². The molecule has 23 heavy (non-hydrogen) atoms. The Hall–Kier alpha value is -0.710. The molecule has 1 aromatic carbocycles. The first-order chi connectivity index (χ1) is 10.6. The van der Waals surface area contributed by atoms with Gasteiger partial charge in [-0.1, -0.05) is 24.6 Å². The molecule has 0 bridgehead atoms. The van der Waals surface area contributed by atoms with Gasteiger partial charge in [0, 0.05) is 23.6 Å². The normalized spacial score (nSPS) is 16.4. The molecule has 0 aromatic heterocycles. The number of hydrogen-bond acceptors (Lipinski definition) is 3. The van der Waals surface area contributed by atoms with Gasteiger partial charge in [-0.3, -0.25) is 4.79 Å². The number of hydrogen-bond donors (Lipinski definition) is 2. The van der Waals surface area contributed by atoms with Crippen LogP contribution in [0.15, 0.2) is 29.2 Å². The third-order valence-electron chi connectivity index (χ3n) is 4.41. The molecular formula is C18H29ClN2OS. The smallest absolute Gasteiger partial charge is 0.220 e. The van der Waals surface area contributed by atoms with Gasteiger partial charge in [-0.25, -0.2) is 0 Å². The fraction of sp³-hybridized carbons (Fsp3) is 0.611. The lowest BCUT2D eigenvalue weighted by molar-refractivity contribution is -0.122. The highest BCUT2D eigenvalue weighted by molar-refractivity contribution is 7.99. The second-order valence-corrected chi connectivity index (χ2v) is 7.45. The predicted molar refractivity (Wildman–Crippen MR) is 102 cm³/mol. The quantitative estimate of drug-likeness (QED) is 0.578. The highest BCUT2D eigenvalue weighted by atomic mass is 35.5. The number of nitrogens with one attached hydrogen (secondary N) is 2. The second-order valence-electron chi connectivity index (χ2n) is 6.28. The summed E-state index contributed by atoms with van der Waals surface area (Å²) in [6.45, 7) is 7.26. The minimum atomic E-state index is 0. The van der Waals surface area contributed by atoms with Gasteiger partial charge in [0.1, 0.15) is 0 Å². The van der Waals surface area contributed by atoms with Crippen molar-refractivity contribution in [1.82, 2.24) is 10.6 Å². The minimum absolute atomic E-state index is 0. The maximum atomic E-state index is 12.0. The van der Waals surface area contributed by atoms with E-state index in [9.17, 15) is 4.79 Å². The Labute approximate surface area is 150 Å². The van der Waals surface area contributed by atoms with E-state index in [-0.39, 0.29) is 18.3 Å². The highest BCUT2D eigenvalue weighted by Crippen LogP contribution is 2.24. The molecule has 1 saturated heterocycles. The number of thioether (sulfide) groups is 1. The van der Waals surface area contributed by atoms with Crippen LogP contribution in [0, 0.1) is 18.8 Å². The van der Waals surface area contributed by atoms with Crippen LogP contribution in [-0.4, -0.2) is 31.3 Å². The Balaban J connectivity index is 0.00000264. The first kappa shape index (κ1) is 20.3. The first-order valence-corrected chi connectivity index (χ1v) is 9.30. The lowest BCUT2D eigenvalue weighted by atomic mass is 9.84. The van der Waals surface area contributed by atoms with Crippen LogP contribution in [0.5, 0.6) is 0 Å². The van der Waals surface area contributed by atoms with Crippen LogP contribution in [0.4, 0.5) is 0 Å². The lowest BCUT2D eigenvalue weighted by Gasteiger charge is -2.27. The summed E-state index contributed by atoms with van der Waals surface area (Å²) < 4.78 is 0. The molecule has 1 aliphatic heterocycles. The summed E-state index contributed by atoms with van der Waals surface area (Å²) >= 11 is 1.80. The van der Waals surface area contributed by atoms with Gasteiger partial charge in [0.2, 0.25) is 5.91 Å². The molecule has 1 aromatic rings. The van der Waals surface area contributed by atoms with Crippen molar-refractivity contribution >= 4 is 30.1 Å². The predicted octanol–water partition coefficient (Wildman–Crippen LogP) is 3.65. The zero-order chi connectivity index (χ0) is 15.8. The van der Waals surface area contributed by atoms with Gasteiger partial charge in [-0.15, -0.1) is 24.2 Å². The Morgan fingerprint density at radius 2 is 1.96 bits per heavy atom. The summed E-state index contributed by atoms with van der Waals surface area (Å²) in [6, 6.07) is 8.53. The Morgan fingerprint density at radius 1 is 1.30 bits per heavy atom. The van der Waals surface area contributed by atoms with Gasteiger partial charge >= 0.3 is 0 Å². The molecular weight excluding hydrogens is 328 g/mol. The Kier molecular flexibility index (Phi) is 9.68. The van der Waals surface area contributed by atoms with Crippen molar-refractivity contribution in [3.05, 3.63) is 29.8 Å². The zero-order valence-electron chi connectivity index (χ0n) is 14.1.